The highest BCUT2D eigenvalue weighted by molar-refractivity contribution is 5.99. The maximum atomic E-state index is 12.9. The number of piperazine rings is 1. The molecule has 0 bridgehead atoms. The van der Waals surface area contributed by atoms with Crippen molar-refractivity contribution in [2.24, 2.45) is 0 Å². The minimum Gasteiger partial charge on any atom is -0.497 e. The molecule has 144 valence electrons. The van der Waals surface area contributed by atoms with Gasteiger partial charge in [0.15, 0.2) is 5.78 Å². The molecular weight excluding hydrogens is 338 g/mol. The van der Waals surface area contributed by atoms with Gasteiger partial charge in [0.1, 0.15) is 5.75 Å². The van der Waals surface area contributed by atoms with Crippen LogP contribution in [0.4, 0.5) is 5.69 Å². The molecule has 1 saturated heterocycles. The molecule has 1 saturated carbocycles. The zero-order chi connectivity index (χ0) is 19.0. The molecule has 5 heteroatoms. The number of Topliss-reactive ketones (excluding diaryl/α,β-unsaturated/α-hetero) is 1. The first-order valence-corrected chi connectivity index (χ1v) is 9.90. The first-order chi connectivity index (χ1) is 13.1. The van der Waals surface area contributed by atoms with E-state index in [1.54, 1.807) is 7.11 Å². The van der Waals surface area contributed by atoms with Crippen LogP contribution in [0, 0.1) is 13.8 Å². The molecule has 2 heterocycles. The highest BCUT2D eigenvalue weighted by atomic mass is 16.5. The predicted octanol–water partition coefficient (Wildman–Crippen LogP) is 3.45. The fourth-order valence-corrected chi connectivity index (χ4v) is 4.21. The number of methoxy groups -OCH3 is 1. The Morgan fingerprint density at radius 2 is 1.85 bits per heavy atom. The average molecular weight is 367 g/mol. The maximum absolute atomic E-state index is 12.9. The van der Waals surface area contributed by atoms with E-state index in [-0.39, 0.29) is 5.78 Å². The fraction of sp³-hybridized carbons (Fsp3) is 0.500. The third-order valence-electron chi connectivity index (χ3n) is 5.85. The molecule has 2 aromatic rings. The van der Waals surface area contributed by atoms with Crippen LogP contribution < -0.4 is 9.64 Å². The summed E-state index contributed by atoms with van der Waals surface area (Å²) in [6.07, 6.45) is 2.49. The largest absolute Gasteiger partial charge is 0.497 e. The molecule has 1 aromatic carbocycles. The van der Waals surface area contributed by atoms with Crippen molar-refractivity contribution in [2.75, 3.05) is 44.7 Å². The molecule has 0 amide bonds. The van der Waals surface area contributed by atoms with Gasteiger partial charge in [-0.3, -0.25) is 9.69 Å². The van der Waals surface area contributed by atoms with Gasteiger partial charge >= 0.3 is 0 Å². The van der Waals surface area contributed by atoms with Crippen molar-refractivity contribution in [3.05, 3.63) is 47.3 Å². The van der Waals surface area contributed by atoms with Gasteiger partial charge in [0, 0.05) is 60.9 Å². The van der Waals surface area contributed by atoms with Crippen LogP contribution >= 0.6 is 0 Å². The van der Waals surface area contributed by atoms with E-state index in [0.717, 1.165) is 43.2 Å². The lowest BCUT2D eigenvalue weighted by molar-refractivity contribution is 0.0925. The van der Waals surface area contributed by atoms with Gasteiger partial charge in [-0.1, -0.05) is 6.07 Å². The number of hydrogen-bond acceptors (Lipinski definition) is 4. The van der Waals surface area contributed by atoms with Gasteiger partial charge in [0.2, 0.25) is 0 Å². The third kappa shape index (κ3) is 3.74. The summed E-state index contributed by atoms with van der Waals surface area (Å²) >= 11 is 0. The lowest BCUT2D eigenvalue weighted by Crippen LogP contribution is -2.48. The second kappa shape index (κ2) is 7.39. The lowest BCUT2D eigenvalue weighted by Gasteiger charge is -2.35. The summed E-state index contributed by atoms with van der Waals surface area (Å²) in [5.74, 6) is 1.14. The average Bonchev–Trinajstić information content (AvgIpc) is 3.47. The van der Waals surface area contributed by atoms with Crippen molar-refractivity contribution in [3.8, 4) is 5.75 Å². The summed E-state index contributed by atoms with van der Waals surface area (Å²) in [7, 11) is 1.70. The summed E-state index contributed by atoms with van der Waals surface area (Å²) in [5.41, 5.74) is 4.47. The molecule has 2 aliphatic rings. The Morgan fingerprint density at radius 1 is 1.11 bits per heavy atom. The molecule has 1 aromatic heterocycles. The third-order valence-corrected chi connectivity index (χ3v) is 5.85. The molecular formula is C22H29N3O2. The Morgan fingerprint density at radius 3 is 2.52 bits per heavy atom. The van der Waals surface area contributed by atoms with Crippen molar-refractivity contribution < 1.29 is 9.53 Å². The molecule has 0 radical (unpaired) electrons. The molecule has 27 heavy (non-hydrogen) atoms. The Balaban J connectivity index is 1.36. The lowest BCUT2D eigenvalue weighted by atomic mass is 10.1. The number of benzene rings is 1. The second-order valence-electron chi connectivity index (χ2n) is 7.77. The van der Waals surface area contributed by atoms with E-state index in [2.05, 4.69) is 46.4 Å². The monoisotopic (exact) mass is 367 g/mol. The Bertz CT molecular complexity index is 830. The number of ketones is 1. The Kier molecular flexibility index (Phi) is 4.96. The first-order valence-electron chi connectivity index (χ1n) is 9.90. The van der Waals surface area contributed by atoms with Crippen LogP contribution in [-0.2, 0) is 0 Å². The number of rotatable bonds is 6. The molecule has 5 nitrogen and oxygen atoms in total. The summed E-state index contributed by atoms with van der Waals surface area (Å²) in [6, 6.07) is 10.9. The first kappa shape index (κ1) is 18.1. The van der Waals surface area contributed by atoms with Crippen LogP contribution in [-0.4, -0.2) is 55.1 Å². The summed E-state index contributed by atoms with van der Waals surface area (Å²) in [6.45, 7) is 8.41. The van der Waals surface area contributed by atoms with E-state index in [4.69, 9.17) is 4.74 Å². The number of nitrogens with zero attached hydrogens (tertiary/aromatic N) is 3. The van der Waals surface area contributed by atoms with Crippen LogP contribution in [0.2, 0.25) is 0 Å². The van der Waals surface area contributed by atoms with Gasteiger partial charge in [-0.2, -0.15) is 0 Å². The predicted molar refractivity (Wildman–Crippen MR) is 108 cm³/mol. The topological polar surface area (TPSA) is 37.7 Å². The molecule has 1 aliphatic heterocycles. The molecule has 2 fully saturated rings. The van der Waals surface area contributed by atoms with Crippen molar-refractivity contribution in [3.63, 3.8) is 0 Å². The van der Waals surface area contributed by atoms with E-state index in [9.17, 15) is 4.79 Å². The SMILES string of the molecule is COc1cccc(N2CCN(CC(=O)c3cc(C)n(C4CC4)c3C)CC2)c1. The molecule has 4 rings (SSSR count). The normalized spacial score (nSPS) is 18.0. The highest BCUT2D eigenvalue weighted by Crippen LogP contribution is 2.38. The summed E-state index contributed by atoms with van der Waals surface area (Å²) < 4.78 is 7.68. The maximum Gasteiger partial charge on any atom is 0.178 e. The van der Waals surface area contributed by atoms with Crippen molar-refractivity contribution in [1.29, 1.82) is 0 Å². The quantitative estimate of drug-likeness (QED) is 0.733. The number of carbonyl (C=O) groups is 1. The van der Waals surface area contributed by atoms with Crippen molar-refractivity contribution in [1.82, 2.24) is 9.47 Å². The number of hydrogen-bond donors (Lipinski definition) is 0. The number of carbonyl (C=O) groups excluding carboxylic acids is 1. The fourth-order valence-electron chi connectivity index (χ4n) is 4.21. The van der Waals surface area contributed by atoms with Crippen molar-refractivity contribution >= 4 is 11.5 Å². The van der Waals surface area contributed by atoms with Gasteiger partial charge in [-0.25, -0.2) is 0 Å². The van der Waals surface area contributed by atoms with E-state index in [0.29, 0.717) is 12.6 Å². The van der Waals surface area contributed by atoms with Crippen LogP contribution in [0.3, 0.4) is 0 Å². The standard InChI is InChI=1S/C22H29N3O2/c1-16-13-21(17(2)25(16)18-7-8-18)22(26)15-23-9-11-24(12-10-23)19-5-4-6-20(14-19)27-3/h4-6,13-14,18H,7-12,15H2,1-3H3. The highest BCUT2D eigenvalue weighted by Gasteiger charge is 2.29. The van der Waals surface area contributed by atoms with Gasteiger partial charge in [-0.05, 0) is 44.9 Å². The molecule has 0 atom stereocenters. The van der Waals surface area contributed by atoms with E-state index in [1.165, 1.54) is 24.2 Å². The van der Waals surface area contributed by atoms with Gasteiger partial charge in [0.05, 0.1) is 13.7 Å². The number of aromatic nitrogens is 1. The van der Waals surface area contributed by atoms with Crippen LogP contribution in [0.25, 0.3) is 0 Å². The number of ether oxygens (including phenoxy) is 1. The van der Waals surface area contributed by atoms with Crippen LogP contribution in [0.15, 0.2) is 30.3 Å². The Labute approximate surface area is 161 Å². The minimum absolute atomic E-state index is 0.254. The molecule has 0 unspecified atom stereocenters. The van der Waals surface area contributed by atoms with E-state index in [1.807, 2.05) is 12.1 Å². The zero-order valence-corrected chi connectivity index (χ0v) is 16.6. The summed E-state index contributed by atoms with van der Waals surface area (Å²) in [4.78, 5) is 17.5. The molecule has 0 N–H and O–H groups in total. The van der Waals surface area contributed by atoms with Gasteiger partial charge in [-0.15, -0.1) is 0 Å². The van der Waals surface area contributed by atoms with Gasteiger partial charge in [0.25, 0.3) is 0 Å². The zero-order valence-electron chi connectivity index (χ0n) is 16.6. The number of aryl methyl sites for hydroxylation is 1. The van der Waals surface area contributed by atoms with Gasteiger partial charge < -0.3 is 14.2 Å². The molecule has 0 spiro atoms. The van der Waals surface area contributed by atoms with Crippen molar-refractivity contribution in [2.45, 2.75) is 32.7 Å². The number of anilines is 1. The second-order valence-corrected chi connectivity index (χ2v) is 7.77. The Hall–Kier alpha value is -2.27. The van der Waals surface area contributed by atoms with Crippen LogP contribution in [0.5, 0.6) is 5.75 Å². The smallest absolute Gasteiger partial charge is 0.178 e. The minimum atomic E-state index is 0.254. The van der Waals surface area contributed by atoms with E-state index >= 15 is 0 Å². The molecule has 1 aliphatic carbocycles. The van der Waals surface area contributed by atoms with E-state index < -0.39 is 0 Å². The van der Waals surface area contributed by atoms with Crippen LogP contribution in [0.1, 0.15) is 40.6 Å². The summed E-state index contributed by atoms with van der Waals surface area (Å²) in [5, 5.41) is 0.